The maximum atomic E-state index is 11.7. The molecule has 1 N–H and O–H groups in total. The number of hydrogen-bond acceptors (Lipinski definition) is 3. The second-order valence-corrected chi connectivity index (χ2v) is 4.41. The van der Waals surface area contributed by atoms with Gasteiger partial charge in [0, 0.05) is 18.5 Å². The van der Waals surface area contributed by atoms with Crippen LogP contribution in [0.25, 0.3) is 6.08 Å². The summed E-state index contributed by atoms with van der Waals surface area (Å²) in [4.78, 5) is 26.1. The van der Waals surface area contributed by atoms with Gasteiger partial charge in [0.05, 0.1) is 6.54 Å². The topological polar surface area (TPSA) is 72.2 Å². The Morgan fingerprint density at radius 2 is 2.15 bits per heavy atom. The molecule has 0 spiro atoms. The lowest BCUT2D eigenvalue weighted by molar-refractivity contribution is -0.131. The van der Waals surface area contributed by atoms with Crippen LogP contribution >= 0.6 is 0 Å². The highest BCUT2D eigenvalue weighted by Crippen LogP contribution is 2.12. The minimum Gasteiger partial charge on any atom is -0.478 e. The fourth-order valence-corrected chi connectivity index (χ4v) is 1.86. The summed E-state index contributed by atoms with van der Waals surface area (Å²) < 4.78 is 1.50. The van der Waals surface area contributed by atoms with E-state index in [1.807, 2.05) is 31.2 Å². The first-order chi connectivity index (χ1) is 9.56. The van der Waals surface area contributed by atoms with Crippen LogP contribution in [0, 0.1) is 6.92 Å². The van der Waals surface area contributed by atoms with Gasteiger partial charge < -0.3 is 5.11 Å². The van der Waals surface area contributed by atoms with Crippen molar-refractivity contribution < 1.29 is 9.90 Å². The third-order valence-electron chi connectivity index (χ3n) is 2.79. The van der Waals surface area contributed by atoms with E-state index in [2.05, 4.69) is 4.98 Å². The average molecular weight is 270 g/mol. The first-order valence-electron chi connectivity index (χ1n) is 6.08. The van der Waals surface area contributed by atoms with Gasteiger partial charge in [-0.25, -0.2) is 14.6 Å². The maximum Gasteiger partial charge on any atom is 0.347 e. The zero-order chi connectivity index (χ0) is 14.5. The quantitative estimate of drug-likeness (QED) is 0.858. The number of carbonyl (C=O) groups is 1. The summed E-state index contributed by atoms with van der Waals surface area (Å²) in [6.45, 7) is 2.22. The van der Waals surface area contributed by atoms with E-state index >= 15 is 0 Å². The molecule has 0 aliphatic heterocycles. The molecule has 1 aromatic carbocycles. The normalized spacial score (nSPS) is 10.8. The van der Waals surface area contributed by atoms with Crippen molar-refractivity contribution in [3.63, 3.8) is 0 Å². The van der Waals surface area contributed by atoms with Crippen LogP contribution in [0.15, 0.2) is 47.5 Å². The summed E-state index contributed by atoms with van der Waals surface area (Å²) in [5.74, 6) is -1.01. The number of benzene rings is 1. The van der Waals surface area contributed by atoms with Gasteiger partial charge in [0.15, 0.2) is 0 Å². The number of hydrogen-bond donors (Lipinski definition) is 1. The summed E-state index contributed by atoms with van der Waals surface area (Å²) in [5, 5.41) is 8.68. The van der Waals surface area contributed by atoms with Gasteiger partial charge in [-0.05, 0) is 29.7 Å². The Bertz CT molecular complexity index is 717. The first kappa shape index (κ1) is 13.7. The van der Waals surface area contributed by atoms with Crippen molar-refractivity contribution in [3.05, 3.63) is 69.9 Å². The Kier molecular flexibility index (Phi) is 4.10. The van der Waals surface area contributed by atoms with Crippen LogP contribution in [0.4, 0.5) is 0 Å². The summed E-state index contributed by atoms with van der Waals surface area (Å²) in [7, 11) is 0. The van der Waals surface area contributed by atoms with Crippen molar-refractivity contribution in [2.75, 3.05) is 0 Å². The number of carboxylic acid groups (broad SMARTS) is 1. The Hall–Kier alpha value is -2.69. The van der Waals surface area contributed by atoms with E-state index in [1.54, 1.807) is 6.20 Å². The van der Waals surface area contributed by atoms with Gasteiger partial charge in [-0.2, -0.15) is 0 Å². The summed E-state index contributed by atoms with van der Waals surface area (Å²) in [5.41, 5.74) is 2.19. The highest BCUT2D eigenvalue weighted by atomic mass is 16.4. The first-order valence-corrected chi connectivity index (χ1v) is 6.08. The number of rotatable bonds is 4. The monoisotopic (exact) mass is 270 g/mol. The number of nitrogens with zero attached hydrogens (tertiary/aromatic N) is 2. The van der Waals surface area contributed by atoms with Crippen molar-refractivity contribution in [3.8, 4) is 0 Å². The van der Waals surface area contributed by atoms with E-state index in [4.69, 9.17) is 5.11 Å². The van der Waals surface area contributed by atoms with E-state index in [0.717, 1.165) is 22.8 Å². The lowest BCUT2D eigenvalue weighted by Crippen LogP contribution is -2.23. The second kappa shape index (κ2) is 5.97. The number of aromatic nitrogens is 2. The minimum absolute atomic E-state index is 0.326. The molecule has 0 aliphatic rings. The predicted octanol–water partition coefficient (Wildman–Crippen LogP) is 1.70. The molecule has 0 radical (unpaired) electrons. The van der Waals surface area contributed by atoms with Gasteiger partial charge in [0.2, 0.25) is 0 Å². The Morgan fingerprint density at radius 1 is 1.40 bits per heavy atom. The van der Waals surface area contributed by atoms with Gasteiger partial charge in [0.1, 0.15) is 0 Å². The van der Waals surface area contributed by atoms with E-state index < -0.39 is 5.97 Å². The Labute approximate surface area is 115 Å². The summed E-state index contributed by atoms with van der Waals surface area (Å²) in [6.07, 6.45) is 5.85. The zero-order valence-corrected chi connectivity index (χ0v) is 11.0. The van der Waals surface area contributed by atoms with Crippen molar-refractivity contribution in [2.24, 2.45) is 0 Å². The zero-order valence-electron chi connectivity index (χ0n) is 11.0. The molecular weight excluding hydrogens is 256 g/mol. The Morgan fingerprint density at radius 3 is 2.90 bits per heavy atom. The Balaban J connectivity index is 2.36. The molecule has 2 aromatic rings. The molecule has 0 unspecified atom stereocenters. The summed E-state index contributed by atoms with van der Waals surface area (Å²) >= 11 is 0. The van der Waals surface area contributed by atoms with Crippen LogP contribution in [0.5, 0.6) is 0 Å². The molecule has 102 valence electrons. The molecular formula is C15H14N2O3. The van der Waals surface area contributed by atoms with Crippen LogP contribution in [0.1, 0.15) is 16.7 Å². The van der Waals surface area contributed by atoms with E-state index in [0.29, 0.717) is 6.54 Å². The van der Waals surface area contributed by atoms with Crippen molar-refractivity contribution in [2.45, 2.75) is 13.5 Å². The van der Waals surface area contributed by atoms with E-state index in [1.165, 1.54) is 16.8 Å². The molecule has 0 amide bonds. The van der Waals surface area contributed by atoms with Crippen molar-refractivity contribution in [1.82, 2.24) is 9.55 Å². The largest absolute Gasteiger partial charge is 0.478 e. The highest BCUT2D eigenvalue weighted by Gasteiger charge is 2.03. The molecule has 2 rings (SSSR count). The van der Waals surface area contributed by atoms with Gasteiger partial charge in [-0.1, -0.05) is 24.3 Å². The molecule has 20 heavy (non-hydrogen) atoms. The molecule has 0 atom stereocenters. The van der Waals surface area contributed by atoms with Crippen molar-refractivity contribution in [1.29, 1.82) is 0 Å². The fraction of sp³-hybridized carbons (Fsp3) is 0.133. The fourth-order valence-electron chi connectivity index (χ4n) is 1.86. The van der Waals surface area contributed by atoms with E-state index in [9.17, 15) is 9.59 Å². The van der Waals surface area contributed by atoms with Gasteiger partial charge in [-0.3, -0.25) is 4.57 Å². The number of carboxylic acids is 1. The average Bonchev–Trinajstić information content (AvgIpc) is 2.42. The number of aryl methyl sites for hydroxylation is 1. The molecule has 0 fully saturated rings. The second-order valence-electron chi connectivity index (χ2n) is 4.41. The molecule has 5 nitrogen and oxygen atoms in total. The van der Waals surface area contributed by atoms with Crippen molar-refractivity contribution >= 4 is 12.0 Å². The number of aliphatic carboxylic acids is 1. The van der Waals surface area contributed by atoms with Crippen LogP contribution in [-0.2, 0) is 11.3 Å². The standard InChI is InChI=1S/C15H14N2O3/c1-11-8-16-15(20)17(9-11)10-13-5-3-2-4-12(13)6-7-14(18)19/h2-9H,10H2,1H3,(H,18,19). The smallest absolute Gasteiger partial charge is 0.347 e. The van der Waals surface area contributed by atoms with E-state index in [-0.39, 0.29) is 5.69 Å². The predicted molar refractivity (Wildman–Crippen MR) is 75.4 cm³/mol. The maximum absolute atomic E-state index is 11.7. The van der Waals surface area contributed by atoms with Gasteiger partial charge >= 0.3 is 11.7 Å². The van der Waals surface area contributed by atoms with Crippen LogP contribution < -0.4 is 5.69 Å². The summed E-state index contributed by atoms with van der Waals surface area (Å²) in [6, 6.07) is 7.34. The highest BCUT2D eigenvalue weighted by molar-refractivity contribution is 5.85. The van der Waals surface area contributed by atoms with Crippen LogP contribution in [0.2, 0.25) is 0 Å². The minimum atomic E-state index is -1.01. The van der Waals surface area contributed by atoms with Crippen LogP contribution in [-0.4, -0.2) is 20.6 Å². The lowest BCUT2D eigenvalue weighted by Gasteiger charge is -2.08. The molecule has 0 saturated carbocycles. The lowest BCUT2D eigenvalue weighted by atomic mass is 10.1. The molecule has 0 bridgehead atoms. The SMILES string of the molecule is Cc1cnc(=O)n(Cc2ccccc2C=CC(=O)O)c1. The van der Waals surface area contributed by atoms with Gasteiger partial charge in [-0.15, -0.1) is 0 Å². The van der Waals surface area contributed by atoms with Crippen LogP contribution in [0.3, 0.4) is 0 Å². The molecule has 1 heterocycles. The van der Waals surface area contributed by atoms with Gasteiger partial charge in [0.25, 0.3) is 0 Å². The molecule has 0 saturated heterocycles. The molecule has 1 aromatic heterocycles. The molecule has 0 aliphatic carbocycles. The molecule has 5 heteroatoms. The third kappa shape index (κ3) is 3.41. The third-order valence-corrected chi connectivity index (χ3v) is 2.79.